The summed E-state index contributed by atoms with van der Waals surface area (Å²) >= 11 is 1.14. The minimum atomic E-state index is -1.21. The summed E-state index contributed by atoms with van der Waals surface area (Å²) < 4.78 is 0. The zero-order valence-corrected chi connectivity index (χ0v) is 14.7. The molecule has 1 aliphatic rings. The molecule has 1 heterocycles. The normalized spacial score (nSPS) is 16.9. The van der Waals surface area contributed by atoms with Crippen LogP contribution in [0.5, 0.6) is 5.75 Å². The number of carboxylic acid groups (broad SMARTS) is 1. The maximum absolute atomic E-state index is 12.1. The highest BCUT2D eigenvalue weighted by molar-refractivity contribution is 8.18. The first-order valence-electron chi connectivity index (χ1n) is 7.91. The van der Waals surface area contributed by atoms with E-state index in [9.17, 15) is 19.8 Å². The fourth-order valence-corrected chi connectivity index (χ4v) is 3.22. The van der Waals surface area contributed by atoms with Crippen LogP contribution in [0.4, 0.5) is 5.69 Å². The first-order chi connectivity index (χ1) is 12.5. The zero-order valence-electron chi connectivity index (χ0n) is 13.9. The number of phenolic OH excluding ortho intramolecular Hbond substituents is 1. The molecule has 6 nitrogen and oxygen atoms in total. The first kappa shape index (κ1) is 17.8. The fourth-order valence-electron chi connectivity index (χ4n) is 2.38. The zero-order chi connectivity index (χ0) is 18.7. The van der Waals surface area contributed by atoms with Crippen LogP contribution >= 0.6 is 11.8 Å². The van der Waals surface area contributed by atoms with Crippen LogP contribution in [-0.4, -0.2) is 27.3 Å². The minimum absolute atomic E-state index is 0.139. The lowest BCUT2D eigenvalue weighted by atomic mass is 10.1. The van der Waals surface area contributed by atoms with Crippen molar-refractivity contribution in [3.8, 4) is 5.75 Å². The Balaban J connectivity index is 1.86. The molecule has 3 N–H and O–H groups in total. The lowest BCUT2D eigenvalue weighted by Crippen LogP contribution is -2.19. The van der Waals surface area contributed by atoms with E-state index in [0.29, 0.717) is 10.1 Å². The summed E-state index contributed by atoms with van der Waals surface area (Å²) in [6.45, 7) is 2.07. The van der Waals surface area contributed by atoms with Crippen LogP contribution in [0, 0.1) is 0 Å². The molecule has 1 fully saturated rings. The highest BCUT2D eigenvalue weighted by atomic mass is 32.2. The smallest absolute Gasteiger partial charge is 0.338 e. The van der Waals surface area contributed by atoms with Crippen molar-refractivity contribution in [2.45, 2.75) is 13.3 Å². The molecule has 3 rings (SSSR count). The number of amides is 1. The predicted molar refractivity (Wildman–Crippen MR) is 102 cm³/mol. The van der Waals surface area contributed by atoms with Gasteiger partial charge in [0.2, 0.25) is 0 Å². The Hall–Kier alpha value is -3.06. The molecule has 1 saturated heterocycles. The van der Waals surface area contributed by atoms with Gasteiger partial charge < -0.3 is 15.5 Å². The predicted octanol–water partition coefficient (Wildman–Crippen LogP) is 3.54. The van der Waals surface area contributed by atoms with E-state index in [1.165, 1.54) is 17.7 Å². The molecular weight excluding hydrogens is 352 g/mol. The van der Waals surface area contributed by atoms with Crippen molar-refractivity contribution >= 4 is 40.6 Å². The summed E-state index contributed by atoms with van der Waals surface area (Å²) in [6.07, 6.45) is 2.71. The molecular formula is C19H16N2O4S. The number of aliphatic imine (C=N–C) groups is 1. The van der Waals surface area contributed by atoms with E-state index in [-0.39, 0.29) is 22.9 Å². The summed E-state index contributed by atoms with van der Waals surface area (Å²) in [4.78, 5) is 28.1. The van der Waals surface area contributed by atoms with Gasteiger partial charge in [0, 0.05) is 0 Å². The van der Waals surface area contributed by atoms with E-state index >= 15 is 0 Å². The number of amidine groups is 1. The second kappa shape index (κ2) is 7.45. The van der Waals surface area contributed by atoms with Crippen molar-refractivity contribution in [1.29, 1.82) is 0 Å². The number of hydrogen-bond acceptors (Lipinski definition) is 5. The number of hydrogen-bond donors (Lipinski definition) is 3. The van der Waals surface area contributed by atoms with E-state index in [4.69, 9.17) is 0 Å². The first-order valence-corrected chi connectivity index (χ1v) is 8.72. The minimum Gasteiger partial charge on any atom is -0.508 e. The van der Waals surface area contributed by atoms with Crippen molar-refractivity contribution in [3.63, 3.8) is 0 Å². The quantitative estimate of drug-likeness (QED) is 0.717. The lowest BCUT2D eigenvalue weighted by molar-refractivity contribution is -0.115. The molecule has 0 unspecified atom stereocenters. The average molecular weight is 368 g/mol. The Labute approximate surface area is 154 Å². The van der Waals surface area contributed by atoms with Crippen molar-refractivity contribution in [2.75, 3.05) is 0 Å². The Kier molecular flexibility index (Phi) is 5.09. The van der Waals surface area contributed by atoms with E-state index < -0.39 is 5.97 Å². The number of carbonyl (C=O) groups is 2. The maximum Gasteiger partial charge on any atom is 0.338 e. The van der Waals surface area contributed by atoms with Gasteiger partial charge in [0.05, 0.1) is 16.2 Å². The number of aromatic carboxylic acids is 1. The third kappa shape index (κ3) is 3.94. The second-order valence-corrected chi connectivity index (χ2v) is 6.61. The van der Waals surface area contributed by atoms with Gasteiger partial charge in [-0.2, -0.15) is 0 Å². The molecule has 0 bridgehead atoms. The molecule has 7 heteroatoms. The summed E-state index contributed by atoms with van der Waals surface area (Å²) in [5.41, 5.74) is 2.13. The second-order valence-electron chi connectivity index (χ2n) is 5.58. The van der Waals surface area contributed by atoms with Gasteiger partial charge in [-0.1, -0.05) is 31.2 Å². The van der Waals surface area contributed by atoms with Gasteiger partial charge in [0.25, 0.3) is 5.91 Å². The number of thioether (sulfide) groups is 1. The van der Waals surface area contributed by atoms with Gasteiger partial charge in [0.15, 0.2) is 5.17 Å². The van der Waals surface area contributed by atoms with Gasteiger partial charge in [-0.05, 0) is 53.6 Å². The molecule has 26 heavy (non-hydrogen) atoms. The Morgan fingerprint density at radius 1 is 1.23 bits per heavy atom. The molecule has 1 amide bonds. The van der Waals surface area contributed by atoms with Crippen LogP contribution in [0.25, 0.3) is 6.08 Å². The molecule has 2 aromatic rings. The molecule has 0 saturated carbocycles. The van der Waals surface area contributed by atoms with Gasteiger partial charge >= 0.3 is 5.97 Å². The summed E-state index contributed by atoms with van der Waals surface area (Å²) in [5.74, 6) is -1.66. The number of phenols is 1. The van der Waals surface area contributed by atoms with Gasteiger partial charge in [0.1, 0.15) is 5.75 Å². The molecule has 2 aromatic carbocycles. The Morgan fingerprint density at radius 2 is 1.96 bits per heavy atom. The van der Waals surface area contributed by atoms with Crippen LogP contribution < -0.4 is 5.32 Å². The van der Waals surface area contributed by atoms with Crippen molar-refractivity contribution in [1.82, 2.24) is 5.32 Å². The molecule has 132 valence electrons. The van der Waals surface area contributed by atoms with Gasteiger partial charge in [-0.15, -0.1) is 0 Å². The van der Waals surface area contributed by atoms with Gasteiger partial charge in [-0.3, -0.25) is 4.79 Å². The number of rotatable bonds is 4. The van der Waals surface area contributed by atoms with Crippen molar-refractivity contribution < 1.29 is 19.8 Å². The summed E-state index contributed by atoms with van der Waals surface area (Å²) in [5, 5.41) is 21.6. The number of aryl methyl sites for hydroxylation is 1. The highest BCUT2D eigenvalue weighted by Gasteiger charge is 2.24. The van der Waals surface area contributed by atoms with E-state index in [1.54, 1.807) is 6.08 Å². The van der Waals surface area contributed by atoms with Crippen LogP contribution in [0.3, 0.4) is 0 Å². The Bertz CT molecular complexity index is 933. The summed E-state index contributed by atoms with van der Waals surface area (Å²) in [6, 6.07) is 11.8. The standard InChI is InChI=1S/C19H16N2O4S/c1-2-11-3-5-12(6-4-11)9-16-17(23)21-19(26-16)20-15-8-7-13(22)10-14(15)18(24)25/h3-10,22H,2H2,1H3,(H,24,25)(H,20,21,23)/b16-9-. The van der Waals surface area contributed by atoms with Crippen molar-refractivity contribution in [3.05, 3.63) is 64.1 Å². The number of aromatic hydroxyl groups is 1. The lowest BCUT2D eigenvalue weighted by Gasteiger charge is -2.02. The van der Waals surface area contributed by atoms with Crippen LogP contribution in [0.2, 0.25) is 0 Å². The molecule has 0 spiro atoms. The molecule has 0 aliphatic carbocycles. The SMILES string of the molecule is CCc1ccc(/C=C2\SC(=Nc3ccc(O)cc3C(=O)O)NC2=O)cc1. The van der Waals surface area contributed by atoms with Crippen LogP contribution in [-0.2, 0) is 11.2 Å². The largest absolute Gasteiger partial charge is 0.508 e. The van der Waals surface area contributed by atoms with Gasteiger partial charge in [-0.25, -0.2) is 9.79 Å². The van der Waals surface area contributed by atoms with Crippen LogP contribution in [0.1, 0.15) is 28.4 Å². The van der Waals surface area contributed by atoms with E-state index in [2.05, 4.69) is 17.2 Å². The Morgan fingerprint density at radius 3 is 2.62 bits per heavy atom. The third-order valence-electron chi connectivity index (χ3n) is 3.77. The fraction of sp³-hybridized carbons (Fsp3) is 0.105. The highest BCUT2D eigenvalue weighted by Crippen LogP contribution is 2.30. The van der Waals surface area contributed by atoms with E-state index in [0.717, 1.165) is 29.8 Å². The number of nitrogens with one attached hydrogen (secondary N) is 1. The number of benzene rings is 2. The molecule has 0 radical (unpaired) electrons. The maximum atomic E-state index is 12.1. The van der Waals surface area contributed by atoms with E-state index in [1.807, 2.05) is 24.3 Å². The molecule has 0 atom stereocenters. The summed E-state index contributed by atoms with van der Waals surface area (Å²) in [7, 11) is 0. The number of nitrogens with zero attached hydrogens (tertiary/aromatic N) is 1. The van der Waals surface area contributed by atoms with Crippen LogP contribution in [0.15, 0.2) is 52.4 Å². The third-order valence-corrected chi connectivity index (χ3v) is 4.68. The number of carboxylic acids is 1. The molecule has 0 aromatic heterocycles. The number of carbonyl (C=O) groups excluding carboxylic acids is 1. The molecule has 1 aliphatic heterocycles. The van der Waals surface area contributed by atoms with Crippen molar-refractivity contribution in [2.24, 2.45) is 4.99 Å². The average Bonchev–Trinajstić information content (AvgIpc) is 2.96. The monoisotopic (exact) mass is 368 g/mol. The topological polar surface area (TPSA) is 99.0 Å².